The van der Waals surface area contributed by atoms with E-state index in [0.717, 1.165) is 53.8 Å². The van der Waals surface area contributed by atoms with Gasteiger partial charge >= 0.3 is 0 Å². The minimum absolute atomic E-state index is 0.351. The molecule has 0 spiro atoms. The number of aryl methyl sites for hydroxylation is 2. The van der Waals surface area contributed by atoms with Gasteiger partial charge in [-0.1, -0.05) is 37.3 Å². The molecule has 0 unspecified atom stereocenters. The van der Waals surface area contributed by atoms with E-state index in [1.165, 1.54) is 0 Å². The van der Waals surface area contributed by atoms with Gasteiger partial charge in [0.2, 0.25) is 0 Å². The highest BCUT2D eigenvalue weighted by Gasteiger charge is 2.27. The Kier molecular flexibility index (Phi) is 5.16. The standard InChI is InChI=1S/C23H24N4O2/c1-3-16-11-13-17(14-12-16)22(28)24-25-23(29)21-18-8-6-10-20(18)27(26-21)19-9-5-4-7-15(19)2/h4-5,7,9,11-14H,3,6,8,10H2,1-2H3,(H,24,28)(H,25,29). The van der Waals surface area contributed by atoms with Crippen molar-refractivity contribution in [2.45, 2.75) is 39.5 Å². The van der Waals surface area contributed by atoms with Gasteiger partial charge in [-0.05, 0) is 61.9 Å². The van der Waals surface area contributed by atoms with Crippen LogP contribution in [0, 0.1) is 6.92 Å². The number of amides is 2. The Morgan fingerprint density at radius 3 is 2.45 bits per heavy atom. The predicted molar refractivity (Wildman–Crippen MR) is 111 cm³/mol. The van der Waals surface area contributed by atoms with Gasteiger partial charge in [0.1, 0.15) is 0 Å². The zero-order valence-corrected chi connectivity index (χ0v) is 16.7. The highest BCUT2D eigenvalue weighted by atomic mass is 16.2. The lowest BCUT2D eigenvalue weighted by molar-refractivity contribution is 0.0843. The molecule has 0 aliphatic heterocycles. The van der Waals surface area contributed by atoms with Gasteiger partial charge in [0.05, 0.1) is 5.69 Å². The average molecular weight is 388 g/mol. The maximum absolute atomic E-state index is 12.8. The van der Waals surface area contributed by atoms with E-state index in [1.54, 1.807) is 12.1 Å². The fourth-order valence-corrected chi connectivity index (χ4v) is 3.76. The molecule has 0 saturated carbocycles. The third-order valence-corrected chi connectivity index (χ3v) is 5.40. The van der Waals surface area contributed by atoms with Crippen LogP contribution in [0.25, 0.3) is 5.69 Å². The van der Waals surface area contributed by atoms with Crippen LogP contribution in [0.3, 0.4) is 0 Å². The first-order valence-corrected chi connectivity index (χ1v) is 9.95. The van der Waals surface area contributed by atoms with Crippen molar-refractivity contribution in [3.8, 4) is 5.69 Å². The number of nitrogens with zero attached hydrogens (tertiary/aromatic N) is 2. The van der Waals surface area contributed by atoms with Crippen LogP contribution in [0.2, 0.25) is 0 Å². The second kappa shape index (κ2) is 7.91. The molecular weight excluding hydrogens is 364 g/mol. The van der Waals surface area contributed by atoms with E-state index in [4.69, 9.17) is 0 Å². The normalized spacial score (nSPS) is 12.5. The molecule has 2 N–H and O–H groups in total. The van der Waals surface area contributed by atoms with Crippen LogP contribution >= 0.6 is 0 Å². The summed E-state index contributed by atoms with van der Waals surface area (Å²) in [5.41, 5.74) is 11.2. The molecule has 0 saturated heterocycles. The first kappa shape index (κ1) is 18.9. The van der Waals surface area contributed by atoms with Gasteiger partial charge in [0.25, 0.3) is 11.8 Å². The zero-order chi connectivity index (χ0) is 20.4. The molecule has 4 rings (SSSR count). The van der Waals surface area contributed by atoms with Crippen LogP contribution in [0.1, 0.15) is 56.6 Å². The molecule has 6 nitrogen and oxygen atoms in total. The van der Waals surface area contributed by atoms with E-state index in [-0.39, 0.29) is 5.91 Å². The van der Waals surface area contributed by atoms with Crippen LogP contribution < -0.4 is 10.9 Å². The number of hydrogen-bond acceptors (Lipinski definition) is 3. The quantitative estimate of drug-likeness (QED) is 0.674. The highest BCUT2D eigenvalue weighted by Crippen LogP contribution is 2.28. The molecule has 1 aromatic heterocycles. The number of hydrazine groups is 1. The van der Waals surface area contributed by atoms with Gasteiger partial charge in [0, 0.05) is 16.8 Å². The van der Waals surface area contributed by atoms with E-state index in [9.17, 15) is 9.59 Å². The fourth-order valence-electron chi connectivity index (χ4n) is 3.76. The maximum atomic E-state index is 12.8. The van der Waals surface area contributed by atoms with Crippen molar-refractivity contribution in [2.24, 2.45) is 0 Å². The number of carbonyl (C=O) groups is 2. The number of para-hydroxylation sites is 1. The third-order valence-electron chi connectivity index (χ3n) is 5.40. The second-order valence-electron chi connectivity index (χ2n) is 7.28. The summed E-state index contributed by atoms with van der Waals surface area (Å²) in [5, 5.41) is 4.59. The molecule has 1 aliphatic carbocycles. The summed E-state index contributed by atoms with van der Waals surface area (Å²) in [5.74, 6) is -0.745. The number of benzene rings is 2. The molecule has 2 aromatic carbocycles. The third kappa shape index (κ3) is 3.66. The second-order valence-corrected chi connectivity index (χ2v) is 7.28. The first-order chi connectivity index (χ1) is 14.1. The van der Waals surface area contributed by atoms with Gasteiger partial charge in [-0.2, -0.15) is 5.10 Å². The van der Waals surface area contributed by atoms with Crippen molar-refractivity contribution >= 4 is 11.8 Å². The van der Waals surface area contributed by atoms with E-state index >= 15 is 0 Å². The van der Waals surface area contributed by atoms with Gasteiger partial charge in [0.15, 0.2) is 5.69 Å². The topological polar surface area (TPSA) is 76.0 Å². The highest BCUT2D eigenvalue weighted by molar-refractivity contribution is 5.99. The van der Waals surface area contributed by atoms with Crippen molar-refractivity contribution in [3.05, 3.63) is 82.2 Å². The molecule has 0 radical (unpaired) electrons. The van der Waals surface area contributed by atoms with Crippen LogP contribution in [-0.4, -0.2) is 21.6 Å². The number of nitrogens with one attached hydrogen (secondary N) is 2. The van der Waals surface area contributed by atoms with E-state index < -0.39 is 5.91 Å². The molecule has 0 bridgehead atoms. The Labute approximate surface area is 169 Å². The lowest BCUT2D eigenvalue weighted by atomic mass is 10.1. The van der Waals surface area contributed by atoms with Crippen LogP contribution in [-0.2, 0) is 19.3 Å². The number of fused-ring (bicyclic) bond motifs is 1. The molecule has 3 aromatic rings. The Bertz CT molecular complexity index is 1070. The van der Waals surface area contributed by atoms with Gasteiger partial charge in [-0.15, -0.1) is 0 Å². The van der Waals surface area contributed by atoms with Gasteiger partial charge in [-0.3, -0.25) is 20.4 Å². The minimum atomic E-state index is -0.394. The van der Waals surface area contributed by atoms with Crippen molar-refractivity contribution in [1.82, 2.24) is 20.6 Å². The molecule has 1 aliphatic rings. The first-order valence-electron chi connectivity index (χ1n) is 9.95. The number of rotatable bonds is 4. The number of aromatic nitrogens is 2. The summed E-state index contributed by atoms with van der Waals surface area (Å²) in [4.78, 5) is 25.1. The Balaban J connectivity index is 1.53. The summed E-state index contributed by atoms with van der Waals surface area (Å²) in [6.07, 6.45) is 3.61. The summed E-state index contributed by atoms with van der Waals surface area (Å²) in [6.45, 7) is 4.09. The molecule has 0 atom stereocenters. The maximum Gasteiger partial charge on any atom is 0.290 e. The summed E-state index contributed by atoms with van der Waals surface area (Å²) in [6, 6.07) is 15.3. The number of carbonyl (C=O) groups excluding carboxylic acids is 2. The van der Waals surface area contributed by atoms with E-state index in [2.05, 4.69) is 22.9 Å². The Morgan fingerprint density at radius 2 is 1.72 bits per heavy atom. The fraction of sp³-hybridized carbons (Fsp3) is 0.261. The number of hydrogen-bond donors (Lipinski definition) is 2. The lowest BCUT2D eigenvalue weighted by Gasteiger charge is -2.09. The summed E-state index contributed by atoms with van der Waals surface area (Å²) in [7, 11) is 0. The smallest absolute Gasteiger partial charge is 0.267 e. The Hall–Kier alpha value is -3.41. The van der Waals surface area contributed by atoms with E-state index in [0.29, 0.717) is 11.3 Å². The Morgan fingerprint density at radius 1 is 1.00 bits per heavy atom. The molecule has 0 fully saturated rings. The summed E-state index contributed by atoms with van der Waals surface area (Å²) >= 11 is 0. The van der Waals surface area contributed by atoms with Crippen LogP contribution in [0.15, 0.2) is 48.5 Å². The molecule has 148 valence electrons. The SMILES string of the molecule is CCc1ccc(C(=O)NNC(=O)c2nn(-c3ccccc3C)c3c2CCC3)cc1. The average Bonchev–Trinajstić information content (AvgIpc) is 3.35. The minimum Gasteiger partial charge on any atom is -0.267 e. The van der Waals surface area contributed by atoms with E-state index in [1.807, 2.05) is 48.0 Å². The molecule has 2 amide bonds. The monoisotopic (exact) mass is 388 g/mol. The van der Waals surface area contributed by atoms with Crippen LogP contribution in [0.5, 0.6) is 0 Å². The lowest BCUT2D eigenvalue weighted by Crippen LogP contribution is -2.42. The van der Waals surface area contributed by atoms with Crippen LogP contribution in [0.4, 0.5) is 0 Å². The van der Waals surface area contributed by atoms with Crippen molar-refractivity contribution in [1.29, 1.82) is 0 Å². The molecule has 29 heavy (non-hydrogen) atoms. The van der Waals surface area contributed by atoms with Crippen molar-refractivity contribution in [2.75, 3.05) is 0 Å². The largest absolute Gasteiger partial charge is 0.290 e. The molecule has 1 heterocycles. The van der Waals surface area contributed by atoms with Gasteiger partial charge < -0.3 is 0 Å². The zero-order valence-electron chi connectivity index (χ0n) is 16.7. The van der Waals surface area contributed by atoms with Gasteiger partial charge in [-0.25, -0.2) is 4.68 Å². The molecular formula is C23H24N4O2. The molecule has 6 heteroatoms. The van der Waals surface area contributed by atoms with Crippen molar-refractivity contribution < 1.29 is 9.59 Å². The summed E-state index contributed by atoms with van der Waals surface area (Å²) < 4.78 is 1.87. The predicted octanol–water partition coefficient (Wildman–Crippen LogP) is 3.31. The van der Waals surface area contributed by atoms with Crippen molar-refractivity contribution in [3.63, 3.8) is 0 Å².